The Labute approximate surface area is 146 Å². The first-order valence-electron chi connectivity index (χ1n) is 10.5. The summed E-state index contributed by atoms with van der Waals surface area (Å²) < 4.78 is 0. The van der Waals surface area contributed by atoms with E-state index in [4.69, 9.17) is 0 Å². The maximum atomic E-state index is 11.0. The zero-order valence-corrected chi connectivity index (χ0v) is 16.1. The van der Waals surface area contributed by atoms with Crippen LogP contribution in [-0.2, 0) is 4.79 Å². The summed E-state index contributed by atoms with van der Waals surface area (Å²) in [7, 11) is 0. The normalized spacial score (nSPS) is 10.9. The molecule has 0 rings (SSSR count). The molecule has 0 saturated heterocycles. The maximum Gasteiger partial charge on any atom is 0.312 e. The fourth-order valence-electron chi connectivity index (χ4n) is 3.08. The Kier molecular flexibility index (Phi) is 19.1. The lowest BCUT2D eigenvalue weighted by Crippen LogP contribution is -2.24. The van der Waals surface area contributed by atoms with Gasteiger partial charge in [-0.3, -0.25) is 4.79 Å². The van der Waals surface area contributed by atoms with Crippen molar-refractivity contribution >= 4 is 6.41 Å². The molecule has 1 amide bonds. The smallest absolute Gasteiger partial charge is 0.312 e. The third-order valence-corrected chi connectivity index (χ3v) is 4.69. The lowest BCUT2D eigenvalue weighted by Gasteiger charge is -2.16. The largest absolute Gasteiger partial charge is 0.334 e. The number of hydrogen-bond donors (Lipinski definition) is 0. The minimum absolute atomic E-state index is 0.912. The van der Waals surface area contributed by atoms with E-state index in [0.717, 1.165) is 25.9 Å². The van der Waals surface area contributed by atoms with E-state index < -0.39 is 0 Å². The first-order chi connectivity index (χ1) is 11.3. The van der Waals surface area contributed by atoms with Crippen LogP contribution in [0.4, 0.5) is 0 Å². The molecular formula is C21H42NO. The molecule has 23 heavy (non-hydrogen) atoms. The van der Waals surface area contributed by atoms with Gasteiger partial charge >= 0.3 is 6.41 Å². The van der Waals surface area contributed by atoms with Gasteiger partial charge in [0.1, 0.15) is 0 Å². The zero-order valence-electron chi connectivity index (χ0n) is 16.1. The number of hydrogen-bond acceptors (Lipinski definition) is 1. The fraction of sp³-hybridized carbons (Fsp3) is 0.952. The molecular weight excluding hydrogens is 282 g/mol. The Bertz CT molecular complexity index is 210. The van der Waals surface area contributed by atoms with Gasteiger partial charge in [0.15, 0.2) is 0 Å². The Morgan fingerprint density at radius 3 is 1.13 bits per heavy atom. The minimum Gasteiger partial charge on any atom is -0.334 e. The quantitative estimate of drug-likeness (QED) is 0.193. The summed E-state index contributed by atoms with van der Waals surface area (Å²) in [5.74, 6) is 0. The van der Waals surface area contributed by atoms with Gasteiger partial charge in [-0.25, -0.2) is 0 Å². The molecule has 1 radical (unpaired) electrons. The van der Waals surface area contributed by atoms with Gasteiger partial charge in [-0.05, 0) is 12.8 Å². The second-order valence-electron chi connectivity index (χ2n) is 7.03. The zero-order chi connectivity index (χ0) is 17.0. The van der Waals surface area contributed by atoms with E-state index in [-0.39, 0.29) is 0 Å². The molecule has 0 aliphatic heterocycles. The topological polar surface area (TPSA) is 20.3 Å². The van der Waals surface area contributed by atoms with E-state index in [9.17, 15) is 4.79 Å². The highest BCUT2D eigenvalue weighted by Crippen LogP contribution is 2.10. The Hall–Kier alpha value is -0.530. The molecule has 0 aromatic carbocycles. The van der Waals surface area contributed by atoms with E-state index in [2.05, 4.69) is 20.3 Å². The van der Waals surface area contributed by atoms with Crippen molar-refractivity contribution in [1.29, 1.82) is 0 Å². The lowest BCUT2D eigenvalue weighted by atomic mass is 10.1. The molecule has 0 fully saturated rings. The minimum atomic E-state index is 0.912. The summed E-state index contributed by atoms with van der Waals surface area (Å²) in [6, 6.07) is 0. The van der Waals surface area contributed by atoms with E-state index >= 15 is 0 Å². The average molecular weight is 325 g/mol. The van der Waals surface area contributed by atoms with Gasteiger partial charge in [-0.2, -0.15) is 0 Å². The molecule has 0 N–H and O–H groups in total. The number of nitrogens with zero attached hydrogens (tertiary/aromatic N) is 1. The van der Waals surface area contributed by atoms with Crippen molar-refractivity contribution in [1.82, 2.24) is 4.90 Å². The number of unbranched alkanes of at least 4 members (excludes halogenated alkanes) is 14. The van der Waals surface area contributed by atoms with Gasteiger partial charge < -0.3 is 4.90 Å². The van der Waals surface area contributed by atoms with Gasteiger partial charge in [0, 0.05) is 13.1 Å². The molecule has 0 aromatic rings. The fourth-order valence-corrected chi connectivity index (χ4v) is 3.08. The monoisotopic (exact) mass is 324 g/mol. The van der Waals surface area contributed by atoms with Gasteiger partial charge in [0.25, 0.3) is 0 Å². The van der Waals surface area contributed by atoms with E-state index in [1.807, 2.05) is 4.90 Å². The van der Waals surface area contributed by atoms with E-state index in [1.165, 1.54) is 89.9 Å². The van der Waals surface area contributed by atoms with Gasteiger partial charge in [-0.1, -0.05) is 104 Å². The second kappa shape index (κ2) is 19.5. The lowest BCUT2D eigenvalue weighted by molar-refractivity contribution is 0.356. The molecule has 2 nitrogen and oxygen atoms in total. The summed E-state index contributed by atoms with van der Waals surface area (Å²) in [6.45, 7) is 6.35. The summed E-state index contributed by atoms with van der Waals surface area (Å²) in [5.41, 5.74) is 0. The van der Waals surface area contributed by atoms with Crippen LogP contribution in [0, 0.1) is 0 Å². The molecule has 137 valence electrons. The molecule has 2 heteroatoms. The molecule has 0 unspecified atom stereocenters. The van der Waals surface area contributed by atoms with Crippen LogP contribution in [0.1, 0.15) is 117 Å². The highest BCUT2D eigenvalue weighted by atomic mass is 16.1. The van der Waals surface area contributed by atoms with E-state index in [1.54, 1.807) is 0 Å². The van der Waals surface area contributed by atoms with Crippen LogP contribution in [0.2, 0.25) is 0 Å². The Balaban J connectivity index is 3.30. The first-order valence-corrected chi connectivity index (χ1v) is 10.5. The van der Waals surface area contributed by atoms with Gasteiger partial charge in [-0.15, -0.1) is 0 Å². The highest BCUT2D eigenvalue weighted by molar-refractivity contribution is 5.47. The predicted molar refractivity (Wildman–Crippen MR) is 102 cm³/mol. The molecule has 0 bridgehead atoms. The van der Waals surface area contributed by atoms with Crippen LogP contribution in [-0.4, -0.2) is 24.4 Å². The van der Waals surface area contributed by atoms with Crippen LogP contribution < -0.4 is 0 Å². The summed E-state index contributed by atoms with van der Waals surface area (Å²) in [4.78, 5) is 12.9. The summed E-state index contributed by atoms with van der Waals surface area (Å²) in [5, 5.41) is 0. The van der Waals surface area contributed by atoms with Crippen molar-refractivity contribution < 1.29 is 4.79 Å². The number of rotatable bonds is 19. The van der Waals surface area contributed by atoms with Crippen molar-refractivity contribution in [3.8, 4) is 0 Å². The molecule has 0 spiro atoms. The first kappa shape index (κ1) is 22.5. The Morgan fingerprint density at radius 1 is 0.522 bits per heavy atom. The summed E-state index contributed by atoms with van der Waals surface area (Å²) >= 11 is 0. The molecule has 0 aliphatic carbocycles. The van der Waals surface area contributed by atoms with Crippen LogP contribution in [0.25, 0.3) is 0 Å². The molecule has 0 aliphatic rings. The van der Waals surface area contributed by atoms with Crippen LogP contribution in [0.3, 0.4) is 0 Å². The third-order valence-electron chi connectivity index (χ3n) is 4.69. The average Bonchev–Trinajstić information content (AvgIpc) is 2.57. The highest BCUT2D eigenvalue weighted by Gasteiger charge is 2.02. The van der Waals surface area contributed by atoms with Gasteiger partial charge in [0.05, 0.1) is 0 Å². The van der Waals surface area contributed by atoms with Crippen molar-refractivity contribution in [2.24, 2.45) is 0 Å². The molecule has 0 saturated carbocycles. The maximum absolute atomic E-state index is 11.0. The number of carbonyl (C=O) groups excluding carboxylic acids is 1. The van der Waals surface area contributed by atoms with Gasteiger partial charge in [0.2, 0.25) is 0 Å². The standard InChI is InChI=1S/C21H42NO/c1-3-5-7-9-11-13-15-17-19-22(21-23)20-18-16-14-12-10-8-6-4-2/h3-20H2,1-2H3. The summed E-state index contributed by atoms with van der Waals surface area (Å²) in [6.07, 6.45) is 23.3. The molecule has 0 aromatic heterocycles. The molecule has 0 atom stereocenters. The SMILES string of the molecule is CCCCCCCCCCN([C]=O)CCCCCCCCCC. The number of amides is 1. The van der Waals surface area contributed by atoms with Crippen LogP contribution >= 0.6 is 0 Å². The molecule has 0 heterocycles. The van der Waals surface area contributed by atoms with Crippen molar-refractivity contribution in [3.63, 3.8) is 0 Å². The van der Waals surface area contributed by atoms with Crippen molar-refractivity contribution in [3.05, 3.63) is 0 Å². The van der Waals surface area contributed by atoms with E-state index in [0.29, 0.717) is 0 Å². The Morgan fingerprint density at radius 2 is 0.826 bits per heavy atom. The predicted octanol–water partition coefficient (Wildman–Crippen LogP) is 6.64. The second-order valence-corrected chi connectivity index (χ2v) is 7.03. The van der Waals surface area contributed by atoms with Crippen LogP contribution in [0.15, 0.2) is 0 Å². The van der Waals surface area contributed by atoms with Crippen LogP contribution in [0.5, 0.6) is 0 Å². The van der Waals surface area contributed by atoms with Crippen molar-refractivity contribution in [2.75, 3.05) is 13.1 Å². The van der Waals surface area contributed by atoms with Crippen molar-refractivity contribution in [2.45, 2.75) is 117 Å². The third kappa shape index (κ3) is 17.7.